The van der Waals surface area contributed by atoms with Gasteiger partial charge in [0.1, 0.15) is 0 Å². The van der Waals surface area contributed by atoms with Crippen LogP contribution in [-0.2, 0) is 4.79 Å². The van der Waals surface area contributed by atoms with Crippen LogP contribution in [0.25, 0.3) is 0 Å². The Balaban J connectivity index is 2.08. The maximum absolute atomic E-state index is 12.4. The van der Waals surface area contributed by atoms with Crippen molar-refractivity contribution in [3.8, 4) is 0 Å². The molecule has 1 aliphatic heterocycles. The fourth-order valence-electron chi connectivity index (χ4n) is 3.27. The zero-order valence-corrected chi connectivity index (χ0v) is 11.3. The molecule has 2 aliphatic rings. The van der Waals surface area contributed by atoms with Gasteiger partial charge in [-0.3, -0.25) is 4.79 Å². The van der Waals surface area contributed by atoms with E-state index in [4.69, 9.17) is 18.0 Å². The van der Waals surface area contributed by atoms with Crippen LogP contribution >= 0.6 is 12.2 Å². The van der Waals surface area contributed by atoms with Gasteiger partial charge in [0.05, 0.1) is 10.9 Å². The lowest BCUT2D eigenvalue weighted by Crippen LogP contribution is -2.52. The largest absolute Gasteiger partial charge is 0.393 e. The highest BCUT2D eigenvalue weighted by Gasteiger charge is 2.37. The van der Waals surface area contributed by atoms with E-state index >= 15 is 0 Å². The van der Waals surface area contributed by atoms with E-state index in [-0.39, 0.29) is 11.8 Å². The number of fused-ring (bicyclic) bond motifs is 1. The van der Waals surface area contributed by atoms with Gasteiger partial charge < -0.3 is 10.6 Å². The number of piperidine rings is 1. The summed E-state index contributed by atoms with van der Waals surface area (Å²) in [4.78, 5) is 14.7. The van der Waals surface area contributed by atoms with Crippen molar-refractivity contribution in [3.63, 3.8) is 0 Å². The summed E-state index contributed by atoms with van der Waals surface area (Å²) in [5.74, 6) is 0.569. The molecule has 3 nitrogen and oxygen atoms in total. The van der Waals surface area contributed by atoms with Crippen LogP contribution in [0.5, 0.6) is 0 Å². The maximum Gasteiger partial charge on any atom is 0.232 e. The second-order valence-electron chi connectivity index (χ2n) is 5.41. The van der Waals surface area contributed by atoms with Crippen LogP contribution in [-0.4, -0.2) is 28.4 Å². The van der Waals surface area contributed by atoms with E-state index in [1.807, 2.05) is 6.92 Å². The smallest absolute Gasteiger partial charge is 0.232 e. The van der Waals surface area contributed by atoms with E-state index in [1.165, 1.54) is 32.1 Å². The van der Waals surface area contributed by atoms with Crippen molar-refractivity contribution in [3.05, 3.63) is 0 Å². The number of rotatable bonds is 2. The third-order valence-electron chi connectivity index (χ3n) is 4.32. The Labute approximate surface area is 109 Å². The first-order valence-corrected chi connectivity index (χ1v) is 7.12. The molecule has 0 aromatic carbocycles. The van der Waals surface area contributed by atoms with Gasteiger partial charge >= 0.3 is 0 Å². The summed E-state index contributed by atoms with van der Waals surface area (Å²) in [6.07, 6.45) is 7.46. The van der Waals surface area contributed by atoms with Crippen LogP contribution in [0.15, 0.2) is 0 Å². The number of hydrogen-bond acceptors (Lipinski definition) is 2. The molecule has 1 saturated heterocycles. The SMILES string of the molecule is CC(C(=O)N1CCCC2CCCCC21)C(N)=S. The Morgan fingerprint density at radius 1 is 1.29 bits per heavy atom. The summed E-state index contributed by atoms with van der Waals surface area (Å²) < 4.78 is 0. The molecule has 1 saturated carbocycles. The van der Waals surface area contributed by atoms with Crippen molar-refractivity contribution in [1.82, 2.24) is 4.90 Å². The van der Waals surface area contributed by atoms with E-state index in [2.05, 4.69) is 4.90 Å². The number of thiocarbonyl (C=S) groups is 1. The maximum atomic E-state index is 12.4. The Hall–Kier alpha value is -0.640. The standard InChI is InChI=1S/C13H22N2OS/c1-9(12(14)17)13(16)15-8-4-6-10-5-2-3-7-11(10)15/h9-11H,2-8H2,1H3,(H2,14,17). The second-order valence-corrected chi connectivity index (χ2v) is 5.88. The Morgan fingerprint density at radius 2 is 1.94 bits per heavy atom. The Bertz CT molecular complexity index is 317. The number of nitrogens with two attached hydrogens (primary N) is 1. The highest BCUT2D eigenvalue weighted by molar-refractivity contribution is 7.80. The van der Waals surface area contributed by atoms with E-state index in [9.17, 15) is 4.79 Å². The molecule has 0 spiro atoms. The first-order chi connectivity index (χ1) is 8.11. The molecule has 17 heavy (non-hydrogen) atoms. The van der Waals surface area contributed by atoms with E-state index in [1.54, 1.807) is 0 Å². The number of carbonyl (C=O) groups excluding carboxylic acids is 1. The van der Waals surface area contributed by atoms with E-state index < -0.39 is 0 Å². The van der Waals surface area contributed by atoms with Crippen molar-refractivity contribution in [1.29, 1.82) is 0 Å². The predicted molar refractivity (Wildman–Crippen MR) is 72.6 cm³/mol. The molecule has 2 N–H and O–H groups in total. The first kappa shape index (κ1) is 12.8. The van der Waals surface area contributed by atoms with E-state index in [0.717, 1.165) is 18.9 Å². The molecule has 0 aromatic heterocycles. The minimum Gasteiger partial charge on any atom is -0.393 e. The van der Waals surface area contributed by atoms with Crippen molar-refractivity contribution in [2.45, 2.75) is 51.5 Å². The summed E-state index contributed by atoms with van der Waals surface area (Å²) in [5, 5.41) is 0. The highest BCUT2D eigenvalue weighted by Crippen LogP contribution is 2.35. The number of likely N-dealkylation sites (tertiary alicyclic amines) is 1. The molecule has 0 bridgehead atoms. The van der Waals surface area contributed by atoms with Crippen LogP contribution in [0.1, 0.15) is 45.4 Å². The number of hydrogen-bond donors (Lipinski definition) is 1. The monoisotopic (exact) mass is 254 g/mol. The van der Waals surface area contributed by atoms with Crippen molar-refractivity contribution >= 4 is 23.1 Å². The van der Waals surface area contributed by atoms with Crippen molar-refractivity contribution in [2.75, 3.05) is 6.54 Å². The molecule has 2 rings (SSSR count). The summed E-state index contributed by atoms with van der Waals surface area (Å²) in [6.45, 7) is 2.73. The molecule has 1 aliphatic carbocycles. The average molecular weight is 254 g/mol. The van der Waals surface area contributed by atoms with Gasteiger partial charge in [0.2, 0.25) is 5.91 Å². The third-order valence-corrected chi connectivity index (χ3v) is 4.68. The lowest BCUT2D eigenvalue weighted by Gasteiger charge is -2.45. The van der Waals surface area contributed by atoms with Gasteiger partial charge in [-0.15, -0.1) is 0 Å². The molecule has 1 heterocycles. The van der Waals surface area contributed by atoms with E-state index in [0.29, 0.717) is 11.0 Å². The zero-order valence-electron chi connectivity index (χ0n) is 10.5. The van der Waals surface area contributed by atoms with Gasteiger partial charge in [0, 0.05) is 12.6 Å². The Morgan fingerprint density at radius 3 is 2.65 bits per heavy atom. The molecule has 3 atom stereocenters. The zero-order chi connectivity index (χ0) is 12.4. The summed E-state index contributed by atoms with van der Waals surface area (Å²) in [6, 6.07) is 0.460. The second kappa shape index (κ2) is 5.34. The quantitative estimate of drug-likeness (QED) is 0.768. The molecule has 3 unspecified atom stereocenters. The fourth-order valence-corrected chi connectivity index (χ4v) is 3.37. The number of carbonyl (C=O) groups is 1. The fraction of sp³-hybridized carbons (Fsp3) is 0.846. The third kappa shape index (κ3) is 2.62. The van der Waals surface area contributed by atoms with Gasteiger partial charge in [0.25, 0.3) is 0 Å². The topological polar surface area (TPSA) is 46.3 Å². The minimum atomic E-state index is -0.300. The number of nitrogens with zero attached hydrogens (tertiary/aromatic N) is 1. The number of amides is 1. The van der Waals surface area contributed by atoms with Crippen molar-refractivity contribution in [2.24, 2.45) is 17.6 Å². The first-order valence-electron chi connectivity index (χ1n) is 6.71. The Kier molecular flexibility index (Phi) is 4.02. The average Bonchev–Trinajstić information content (AvgIpc) is 2.36. The lowest BCUT2D eigenvalue weighted by molar-refractivity contribution is -0.139. The van der Waals surface area contributed by atoms with Crippen LogP contribution in [0.2, 0.25) is 0 Å². The summed E-state index contributed by atoms with van der Waals surface area (Å²) in [5.41, 5.74) is 5.60. The van der Waals surface area contributed by atoms with Gasteiger partial charge in [-0.25, -0.2) is 0 Å². The molecular formula is C13H22N2OS. The molecular weight excluding hydrogens is 232 g/mol. The summed E-state index contributed by atoms with van der Waals surface area (Å²) in [7, 11) is 0. The molecule has 0 aromatic rings. The van der Waals surface area contributed by atoms with Gasteiger partial charge in [0.15, 0.2) is 0 Å². The van der Waals surface area contributed by atoms with Crippen LogP contribution in [0, 0.1) is 11.8 Å². The lowest BCUT2D eigenvalue weighted by atomic mass is 9.78. The molecule has 2 fully saturated rings. The van der Waals surface area contributed by atoms with Gasteiger partial charge in [-0.2, -0.15) is 0 Å². The summed E-state index contributed by atoms with van der Waals surface area (Å²) >= 11 is 4.94. The van der Waals surface area contributed by atoms with Crippen LogP contribution in [0.3, 0.4) is 0 Å². The van der Waals surface area contributed by atoms with Gasteiger partial charge in [-0.05, 0) is 38.5 Å². The highest BCUT2D eigenvalue weighted by atomic mass is 32.1. The molecule has 96 valence electrons. The van der Waals surface area contributed by atoms with Gasteiger partial charge in [-0.1, -0.05) is 25.1 Å². The van der Waals surface area contributed by atoms with Crippen LogP contribution < -0.4 is 5.73 Å². The molecule has 1 amide bonds. The van der Waals surface area contributed by atoms with Crippen molar-refractivity contribution < 1.29 is 4.79 Å². The predicted octanol–water partition coefficient (Wildman–Crippen LogP) is 2.09. The minimum absolute atomic E-state index is 0.147. The normalized spacial score (nSPS) is 30.5. The molecule has 4 heteroatoms. The van der Waals surface area contributed by atoms with Crippen LogP contribution in [0.4, 0.5) is 0 Å². The molecule has 0 radical (unpaired) electrons.